The molecule has 1 aromatic rings. The molecule has 20 heavy (non-hydrogen) atoms. The molecule has 1 aliphatic heterocycles. The van der Waals surface area contributed by atoms with Gasteiger partial charge < -0.3 is 10.6 Å². The van der Waals surface area contributed by atoms with Crippen molar-refractivity contribution in [3.05, 3.63) is 29.8 Å². The average Bonchev–Trinajstić information content (AvgIpc) is 3.25. The molecule has 2 aliphatic rings. The van der Waals surface area contributed by atoms with Crippen molar-refractivity contribution >= 4 is 11.6 Å². The van der Waals surface area contributed by atoms with Crippen molar-refractivity contribution in [3.8, 4) is 0 Å². The molecule has 3 rings (SSSR count). The van der Waals surface area contributed by atoms with E-state index in [4.69, 9.17) is 0 Å². The number of hydrogen-bond acceptors (Lipinski definition) is 2. The molecule has 1 aliphatic carbocycles. The number of anilines is 1. The van der Waals surface area contributed by atoms with Crippen molar-refractivity contribution in [2.24, 2.45) is 5.41 Å². The number of fused-ring (bicyclic) bond motifs is 1. The van der Waals surface area contributed by atoms with Gasteiger partial charge in [0.15, 0.2) is 0 Å². The first kappa shape index (κ1) is 13.5. The first-order valence-corrected chi connectivity index (χ1v) is 7.85. The number of benzene rings is 1. The lowest BCUT2D eigenvalue weighted by molar-refractivity contribution is -0.123. The van der Waals surface area contributed by atoms with E-state index in [1.54, 1.807) is 0 Å². The lowest BCUT2D eigenvalue weighted by atomic mass is 9.90. The van der Waals surface area contributed by atoms with Crippen molar-refractivity contribution < 1.29 is 4.79 Å². The number of carbonyl (C=O) groups excluding carboxylic acids is 1. The smallest absolute Gasteiger partial charge is 0.227 e. The summed E-state index contributed by atoms with van der Waals surface area (Å²) < 4.78 is 0. The highest BCUT2D eigenvalue weighted by Gasteiger charge is 2.42. The van der Waals surface area contributed by atoms with Gasteiger partial charge in [-0.3, -0.25) is 4.79 Å². The van der Waals surface area contributed by atoms with Crippen LogP contribution >= 0.6 is 0 Å². The van der Waals surface area contributed by atoms with E-state index in [1.165, 1.54) is 25.7 Å². The second kappa shape index (κ2) is 5.47. The molecule has 1 aromatic carbocycles. The Morgan fingerprint density at radius 1 is 1.40 bits per heavy atom. The zero-order valence-electron chi connectivity index (χ0n) is 12.2. The van der Waals surface area contributed by atoms with Gasteiger partial charge in [-0.05, 0) is 42.7 Å². The van der Waals surface area contributed by atoms with E-state index in [0.717, 1.165) is 30.8 Å². The summed E-state index contributed by atoms with van der Waals surface area (Å²) in [6.45, 7) is 3.98. The molecule has 1 amide bonds. The van der Waals surface area contributed by atoms with Gasteiger partial charge in [0.2, 0.25) is 5.91 Å². The minimum atomic E-state index is 0.0184. The summed E-state index contributed by atoms with van der Waals surface area (Å²) in [5, 5.41) is 6.59. The Balaban J connectivity index is 1.64. The van der Waals surface area contributed by atoms with Crippen LogP contribution in [-0.2, 0) is 4.79 Å². The first-order valence-electron chi connectivity index (χ1n) is 7.85. The Labute approximate surface area is 121 Å². The van der Waals surface area contributed by atoms with E-state index in [9.17, 15) is 4.79 Å². The van der Waals surface area contributed by atoms with Crippen molar-refractivity contribution in [2.75, 3.05) is 18.4 Å². The molecule has 0 spiro atoms. The maximum absolute atomic E-state index is 12.5. The molecule has 0 aromatic heterocycles. The molecule has 1 atom stereocenters. The predicted octanol–water partition coefficient (Wildman–Crippen LogP) is 3.28. The fourth-order valence-corrected chi connectivity index (χ4v) is 3.36. The molecular weight excluding hydrogens is 248 g/mol. The van der Waals surface area contributed by atoms with E-state index in [2.05, 4.69) is 29.7 Å². The maximum atomic E-state index is 12.5. The van der Waals surface area contributed by atoms with E-state index < -0.39 is 0 Å². The molecule has 2 N–H and O–H groups in total. The van der Waals surface area contributed by atoms with Crippen LogP contribution in [0.2, 0.25) is 0 Å². The quantitative estimate of drug-likeness (QED) is 0.863. The lowest BCUT2D eigenvalue weighted by Crippen LogP contribution is -2.36. The fraction of sp³-hybridized carbons (Fsp3) is 0.588. The van der Waals surface area contributed by atoms with Gasteiger partial charge in [-0.25, -0.2) is 0 Å². The number of nitrogens with one attached hydrogen (secondary N) is 2. The highest BCUT2D eigenvalue weighted by molar-refractivity contribution is 5.86. The number of carbonyl (C=O) groups is 1. The van der Waals surface area contributed by atoms with Gasteiger partial charge in [-0.15, -0.1) is 0 Å². The molecule has 1 fully saturated rings. The summed E-state index contributed by atoms with van der Waals surface area (Å²) >= 11 is 0. The van der Waals surface area contributed by atoms with Gasteiger partial charge in [0.05, 0.1) is 5.92 Å². The second-order valence-corrected chi connectivity index (χ2v) is 6.32. The highest BCUT2D eigenvalue weighted by atomic mass is 16.1. The molecule has 0 radical (unpaired) electrons. The van der Waals surface area contributed by atoms with Crippen molar-refractivity contribution in [1.29, 1.82) is 0 Å². The van der Waals surface area contributed by atoms with Crippen LogP contribution in [0.15, 0.2) is 24.3 Å². The van der Waals surface area contributed by atoms with Crippen LogP contribution in [0.3, 0.4) is 0 Å². The SMILES string of the molecule is CCCC1(CNC(=O)C2CCNc3ccccc32)CC1. The van der Waals surface area contributed by atoms with Crippen LogP contribution < -0.4 is 10.6 Å². The zero-order chi connectivity index (χ0) is 14.0. The Kier molecular flexibility index (Phi) is 3.68. The van der Waals surface area contributed by atoms with Crippen LogP contribution in [0.5, 0.6) is 0 Å². The Morgan fingerprint density at radius 3 is 2.95 bits per heavy atom. The van der Waals surface area contributed by atoms with E-state index in [-0.39, 0.29) is 11.8 Å². The number of hydrogen-bond donors (Lipinski definition) is 2. The van der Waals surface area contributed by atoms with E-state index in [1.807, 2.05) is 12.1 Å². The summed E-state index contributed by atoms with van der Waals surface area (Å²) in [6.07, 6.45) is 5.92. The van der Waals surface area contributed by atoms with Crippen LogP contribution in [0.1, 0.15) is 50.5 Å². The summed E-state index contributed by atoms with van der Waals surface area (Å²) in [6, 6.07) is 8.18. The van der Waals surface area contributed by atoms with Crippen molar-refractivity contribution in [1.82, 2.24) is 5.32 Å². The molecule has 1 saturated carbocycles. The summed E-state index contributed by atoms with van der Waals surface area (Å²) in [5.74, 6) is 0.228. The topological polar surface area (TPSA) is 41.1 Å². The van der Waals surface area contributed by atoms with Crippen molar-refractivity contribution in [2.45, 2.75) is 44.9 Å². The van der Waals surface area contributed by atoms with Crippen LogP contribution in [0, 0.1) is 5.41 Å². The van der Waals surface area contributed by atoms with E-state index >= 15 is 0 Å². The Hall–Kier alpha value is -1.51. The molecule has 0 bridgehead atoms. The van der Waals surface area contributed by atoms with Crippen LogP contribution in [0.4, 0.5) is 5.69 Å². The minimum absolute atomic E-state index is 0.0184. The molecule has 108 valence electrons. The molecule has 3 nitrogen and oxygen atoms in total. The molecule has 3 heteroatoms. The third-order valence-corrected chi connectivity index (χ3v) is 4.78. The summed E-state index contributed by atoms with van der Waals surface area (Å²) in [7, 11) is 0. The number of amides is 1. The van der Waals surface area contributed by atoms with Gasteiger partial charge in [0, 0.05) is 18.8 Å². The van der Waals surface area contributed by atoms with Gasteiger partial charge in [0.1, 0.15) is 0 Å². The molecule has 1 unspecified atom stereocenters. The zero-order valence-corrected chi connectivity index (χ0v) is 12.2. The van der Waals surface area contributed by atoms with Gasteiger partial charge in [0.25, 0.3) is 0 Å². The Bertz CT molecular complexity index is 494. The van der Waals surface area contributed by atoms with Gasteiger partial charge >= 0.3 is 0 Å². The maximum Gasteiger partial charge on any atom is 0.227 e. The van der Waals surface area contributed by atoms with Crippen LogP contribution in [0.25, 0.3) is 0 Å². The minimum Gasteiger partial charge on any atom is -0.385 e. The van der Waals surface area contributed by atoms with E-state index in [0.29, 0.717) is 5.41 Å². The van der Waals surface area contributed by atoms with Crippen LogP contribution in [-0.4, -0.2) is 19.0 Å². The lowest BCUT2D eigenvalue weighted by Gasteiger charge is -2.26. The Morgan fingerprint density at radius 2 is 2.20 bits per heavy atom. The second-order valence-electron chi connectivity index (χ2n) is 6.32. The first-order chi connectivity index (χ1) is 9.74. The van der Waals surface area contributed by atoms with Gasteiger partial charge in [-0.2, -0.15) is 0 Å². The normalized spacial score (nSPS) is 22.6. The molecule has 0 saturated heterocycles. The largest absolute Gasteiger partial charge is 0.385 e. The van der Waals surface area contributed by atoms with Gasteiger partial charge in [-0.1, -0.05) is 31.5 Å². The number of rotatable bonds is 5. The highest BCUT2D eigenvalue weighted by Crippen LogP contribution is 2.49. The predicted molar refractivity (Wildman–Crippen MR) is 81.9 cm³/mol. The third-order valence-electron chi connectivity index (χ3n) is 4.78. The summed E-state index contributed by atoms with van der Waals surface area (Å²) in [5.41, 5.74) is 2.70. The number of para-hydroxylation sites is 1. The summed E-state index contributed by atoms with van der Waals surface area (Å²) in [4.78, 5) is 12.5. The standard InChI is InChI=1S/C17H24N2O/c1-2-8-17(9-10-17)12-19-16(20)14-7-11-18-15-6-4-3-5-13(14)15/h3-6,14,18H,2,7-12H2,1H3,(H,19,20). The molecular formula is C17H24N2O. The average molecular weight is 272 g/mol. The molecule has 1 heterocycles. The third kappa shape index (κ3) is 2.67. The van der Waals surface area contributed by atoms with Crippen molar-refractivity contribution in [3.63, 3.8) is 0 Å². The monoisotopic (exact) mass is 272 g/mol. The fourth-order valence-electron chi connectivity index (χ4n) is 3.36.